The van der Waals surface area contributed by atoms with E-state index in [1.54, 1.807) is 17.0 Å². The Balaban J connectivity index is 1.09. The molecule has 0 radical (unpaired) electrons. The Morgan fingerprint density at radius 2 is 1.58 bits per heavy atom. The second-order valence-corrected chi connectivity index (χ2v) is 12.4. The van der Waals surface area contributed by atoms with Gasteiger partial charge in [0.15, 0.2) is 0 Å². The highest BCUT2D eigenvalue weighted by atomic mass is 16.6. The van der Waals surface area contributed by atoms with Crippen LogP contribution in [-0.2, 0) is 14.3 Å². The van der Waals surface area contributed by atoms with Gasteiger partial charge in [-0.05, 0) is 75.9 Å². The van der Waals surface area contributed by atoms with Crippen LogP contribution in [0.3, 0.4) is 0 Å². The van der Waals surface area contributed by atoms with E-state index >= 15 is 0 Å². The molecule has 0 unspecified atom stereocenters. The van der Waals surface area contributed by atoms with Gasteiger partial charge in [0.25, 0.3) is 0 Å². The molecule has 3 aromatic carbocycles. The van der Waals surface area contributed by atoms with Crippen molar-refractivity contribution in [1.82, 2.24) is 9.80 Å². The van der Waals surface area contributed by atoms with Gasteiger partial charge in [0.05, 0.1) is 11.3 Å². The monoisotopic (exact) mass is 614 g/mol. The lowest BCUT2D eigenvalue weighted by molar-refractivity contribution is -0.130. The number of nitrogens with one attached hydrogen (secondary N) is 2. The Labute approximate surface area is 266 Å². The predicted molar refractivity (Wildman–Crippen MR) is 178 cm³/mol. The molecule has 2 N–H and O–H groups in total. The van der Waals surface area contributed by atoms with Crippen LogP contribution in [0.15, 0.2) is 78.9 Å². The standard InChI is InChI=1S/C36H46N4O5/c1-36(2,3)45-34(42)28-16-18-29(19-17-28)37-22-10-15-33(41)39(4)25-26-40-23-20-30(21-24-40)44-35(43)38-32-14-9-8-13-31(32)27-11-6-5-7-12-27/h5-9,11-14,16-19,30,37H,10,15,20-26H2,1-4H3,(H,38,43). The molecule has 2 amide bonds. The average Bonchev–Trinajstić information content (AvgIpc) is 3.02. The number of carbonyl (C=O) groups is 3. The van der Waals surface area contributed by atoms with Crippen LogP contribution in [0.5, 0.6) is 0 Å². The third-order valence-electron chi connectivity index (χ3n) is 7.65. The van der Waals surface area contributed by atoms with Crippen LogP contribution in [0.2, 0.25) is 0 Å². The van der Waals surface area contributed by atoms with Crippen molar-refractivity contribution in [3.63, 3.8) is 0 Å². The summed E-state index contributed by atoms with van der Waals surface area (Å²) < 4.78 is 11.1. The molecule has 9 heteroatoms. The fourth-order valence-corrected chi connectivity index (χ4v) is 5.14. The number of hydrogen-bond acceptors (Lipinski definition) is 7. The Kier molecular flexibility index (Phi) is 12.0. The third kappa shape index (κ3) is 10.9. The highest BCUT2D eigenvalue weighted by Crippen LogP contribution is 2.28. The van der Waals surface area contributed by atoms with Crippen LogP contribution < -0.4 is 10.6 Å². The van der Waals surface area contributed by atoms with Gasteiger partial charge in [0, 0.05) is 57.4 Å². The van der Waals surface area contributed by atoms with E-state index in [1.165, 1.54) is 0 Å². The Morgan fingerprint density at radius 3 is 2.27 bits per heavy atom. The van der Waals surface area contributed by atoms with Crippen molar-refractivity contribution in [3.05, 3.63) is 84.4 Å². The number of hydrogen-bond donors (Lipinski definition) is 2. The van der Waals surface area contributed by atoms with Gasteiger partial charge in [-0.1, -0.05) is 48.5 Å². The van der Waals surface area contributed by atoms with Crippen molar-refractivity contribution in [1.29, 1.82) is 0 Å². The van der Waals surface area contributed by atoms with Gasteiger partial charge < -0.3 is 24.6 Å². The number of para-hydroxylation sites is 1. The van der Waals surface area contributed by atoms with Crippen LogP contribution in [0, 0.1) is 0 Å². The summed E-state index contributed by atoms with van der Waals surface area (Å²) in [4.78, 5) is 41.6. The molecule has 1 fully saturated rings. The van der Waals surface area contributed by atoms with Crippen molar-refractivity contribution < 1.29 is 23.9 Å². The topological polar surface area (TPSA) is 100 Å². The van der Waals surface area contributed by atoms with Gasteiger partial charge in [-0.3, -0.25) is 10.1 Å². The summed E-state index contributed by atoms with van der Waals surface area (Å²) in [6.45, 7) is 9.26. The molecule has 240 valence electrons. The van der Waals surface area contributed by atoms with Crippen LogP contribution in [-0.4, -0.2) is 79.2 Å². The van der Waals surface area contributed by atoms with E-state index < -0.39 is 11.7 Å². The first-order valence-electron chi connectivity index (χ1n) is 15.7. The van der Waals surface area contributed by atoms with Crippen LogP contribution >= 0.6 is 0 Å². The van der Waals surface area contributed by atoms with E-state index in [2.05, 4.69) is 15.5 Å². The maximum Gasteiger partial charge on any atom is 0.411 e. The van der Waals surface area contributed by atoms with Crippen molar-refractivity contribution >= 4 is 29.3 Å². The lowest BCUT2D eigenvalue weighted by Crippen LogP contribution is -2.42. The first kappa shape index (κ1) is 33.5. The molecule has 9 nitrogen and oxygen atoms in total. The zero-order valence-corrected chi connectivity index (χ0v) is 26.9. The Morgan fingerprint density at radius 1 is 0.911 bits per heavy atom. The highest BCUT2D eigenvalue weighted by molar-refractivity contribution is 5.91. The van der Waals surface area contributed by atoms with Crippen molar-refractivity contribution in [2.45, 2.75) is 58.2 Å². The number of piperidine rings is 1. The lowest BCUT2D eigenvalue weighted by Gasteiger charge is -2.32. The van der Waals surface area contributed by atoms with Crippen molar-refractivity contribution in [3.8, 4) is 11.1 Å². The van der Waals surface area contributed by atoms with Gasteiger partial charge >= 0.3 is 12.1 Å². The van der Waals surface area contributed by atoms with E-state index in [1.807, 2.05) is 94.5 Å². The number of esters is 1. The van der Waals surface area contributed by atoms with Gasteiger partial charge in [-0.2, -0.15) is 0 Å². The molecule has 0 atom stereocenters. The van der Waals surface area contributed by atoms with Crippen molar-refractivity contribution in [2.24, 2.45) is 0 Å². The second-order valence-electron chi connectivity index (χ2n) is 12.4. The van der Waals surface area contributed by atoms with Gasteiger partial charge in [-0.25, -0.2) is 9.59 Å². The fraction of sp³-hybridized carbons (Fsp3) is 0.417. The number of nitrogens with zero attached hydrogens (tertiary/aromatic N) is 2. The van der Waals surface area contributed by atoms with Crippen molar-refractivity contribution in [2.75, 3.05) is 50.4 Å². The summed E-state index contributed by atoms with van der Waals surface area (Å²) in [6, 6.07) is 24.8. The maximum absolute atomic E-state index is 12.7. The quantitative estimate of drug-likeness (QED) is 0.174. The Bertz CT molecular complexity index is 1400. The number of likely N-dealkylation sites (tertiary alicyclic amines) is 1. The SMILES string of the molecule is CN(CCN1CCC(OC(=O)Nc2ccccc2-c2ccccc2)CC1)C(=O)CCCNc1ccc(C(=O)OC(C)(C)C)cc1. The van der Waals surface area contributed by atoms with E-state index in [9.17, 15) is 14.4 Å². The number of rotatable bonds is 12. The van der Waals surface area contributed by atoms with Crippen LogP contribution in [0.25, 0.3) is 11.1 Å². The summed E-state index contributed by atoms with van der Waals surface area (Å²) in [6.07, 6.45) is 2.11. The summed E-state index contributed by atoms with van der Waals surface area (Å²) in [5, 5.41) is 6.23. The number of ether oxygens (including phenoxy) is 2. The molecule has 1 saturated heterocycles. The average molecular weight is 615 g/mol. The minimum Gasteiger partial charge on any atom is -0.456 e. The first-order valence-corrected chi connectivity index (χ1v) is 15.7. The van der Waals surface area contributed by atoms with E-state index in [0.29, 0.717) is 31.5 Å². The number of likely N-dealkylation sites (N-methyl/N-ethyl adjacent to an activating group) is 1. The van der Waals surface area contributed by atoms with Crippen LogP contribution in [0.4, 0.5) is 16.2 Å². The van der Waals surface area contributed by atoms with Gasteiger partial charge in [0.2, 0.25) is 5.91 Å². The summed E-state index contributed by atoms with van der Waals surface area (Å²) >= 11 is 0. The molecule has 1 aliphatic heterocycles. The summed E-state index contributed by atoms with van der Waals surface area (Å²) in [7, 11) is 1.85. The number of carbonyl (C=O) groups excluding carboxylic acids is 3. The van der Waals surface area contributed by atoms with Gasteiger partial charge in [0.1, 0.15) is 11.7 Å². The largest absolute Gasteiger partial charge is 0.456 e. The molecular formula is C36H46N4O5. The summed E-state index contributed by atoms with van der Waals surface area (Å²) in [5.74, 6) is -0.229. The van der Waals surface area contributed by atoms with E-state index in [-0.39, 0.29) is 18.0 Å². The molecule has 0 aromatic heterocycles. The van der Waals surface area contributed by atoms with E-state index in [4.69, 9.17) is 9.47 Å². The fourth-order valence-electron chi connectivity index (χ4n) is 5.14. The second kappa shape index (κ2) is 16.1. The predicted octanol–water partition coefficient (Wildman–Crippen LogP) is 6.67. The smallest absolute Gasteiger partial charge is 0.411 e. The Hall–Kier alpha value is -4.37. The zero-order valence-electron chi connectivity index (χ0n) is 26.9. The third-order valence-corrected chi connectivity index (χ3v) is 7.65. The molecule has 0 aliphatic carbocycles. The first-order chi connectivity index (χ1) is 21.6. The minimum atomic E-state index is -0.531. The lowest BCUT2D eigenvalue weighted by atomic mass is 10.0. The summed E-state index contributed by atoms with van der Waals surface area (Å²) in [5.41, 5.74) is 3.58. The van der Waals surface area contributed by atoms with Crippen LogP contribution in [0.1, 0.15) is 56.8 Å². The molecular weight excluding hydrogens is 568 g/mol. The number of amides is 2. The minimum absolute atomic E-state index is 0.114. The normalized spacial score (nSPS) is 14.0. The molecule has 45 heavy (non-hydrogen) atoms. The molecule has 0 spiro atoms. The molecule has 4 rings (SSSR count). The number of benzene rings is 3. The van der Waals surface area contributed by atoms with Gasteiger partial charge in [-0.15, -0.1) is 0 Å². The molecule has 3 aromatic rings. The maximum atomic E-state index is 12.7. The van der Waals surface area contributed by atoms with E-state index in [0.717, 1.165) is 55.0 Å². The highest BCUT2D eigenvalue weighted by Gasteiger charge is 2.23. The molecule has 0 saturated carbocycles. The zero-order chi connectivity index (χ0) is 32.2. The molecule has 1 heterocycles. The molecule has 1 aliphatic rings. The number of anilines is 2. The molecule has 0 bridgehead atoms.